The second-order valence-electron chi connectivity index (χ2n) is 5.06. The predicted octanol–water partition coefficient (Wildman–Crippen LogP) is 2.28. The summed E-state index contributed by atoms with van der Waals surface area (Å²) in [6.45, 7) is 3.58. The molecule has 0 aliphatic carbocycles. The Morgan fingerprint density at radius 1 is 0.647 bits per heavy atom. The quantitative estimate of drug-likeness (QED) is 0.638. The van der Waals surface area contributed by atoms with Gasteiger partial charge < -0.3 is 0 Å². The third-order valence-corrected chi connectivity index (χ3v) is 9.55. The first-order valence-electron chi connectivity index (χ1n) is 6.83. The van der Waals surface area contributed by atoms with E-state index in [2.05, 4.69) is 0 Å². The second kappa shape index (κ2) is 6.71. The first-order chi connectivity index (χ1) is 8.27. The van der Waals surface area contributed by atoms with Gasteiger partial charge in [0.2, 0.25) is 0 Å². The molecule has 4 nitrogen and oxygen atoms in total. The van der Waals surface area contributed by atoms with E-state index in [1.165, 1.54) is 12.8 Å². The minimum atomic E-state index is -2.06. The van der Waals surface area contributed by atoms with Crippen molar-refractivity contribution < 1.29 is 34.2 Å². The Morgan fingerprint density at radius 2 is 1.00 bits per heavy atom. The molecule has 0 unspecified atom stereocenters. The third kappa shape index (κ3) is 3.93. The molecule has 2 amide bonds. The number of carbonyl (C=O) groups excluding carboxylic acids is 2. The Labute approximate surface area is 115 Å². The van der Waals surface area contributed by atoms with E-state index in [4.69, 9.17) is 0 Å². The molecule has 0 bridgehead atoms. The van der Waals surface area contributed by atoms with Gasteiger partial charge in [-0.3, -0.25) is 0 Å². The van der Waals surface area contributed by atoms with Gasteiger partial charge in [-0.1, -0.05) is 0 Å². The van der Waals surface area contributed by atoms with Gasteiger partial charge in [0, 0.05) is 0 Å². The van der Waals surface area contributed by atoms with Crippen molar-refractivity contribution >= 4 is 6.83 Å². The number of hydrogen-bond acceptors (Lipinski definition) is 2. The van der Waals surface area contributed by atoms with Crippen molar-refractivity contribution in [1.29, 1.82) is 0 Å². The van der Waals surface area contributed by atoms with Crippen molar-refractivity contribution in [2.75, 3.05) is 26.2 Å². The average Bonchev–Trinajstić information content (AvgIpc) is 2.40. The van der Waals surface area contributed by atoms with Crippen LogP contribution in [0.15, 0.2) is 0 Å². The van der Waals surface area contributed by atoms with E-state index in [0.29, 0.717) is 0 Å². The number of hydrogen-bond donors (Lipinski definition) is 0. The SMILES string of the molecule is O=[C]([Hg][C](=O)N1CCCCC1)N1CCCCC1. The number of amides is 2. The van der Waals surface area contributed by atoms with E-state index >= 15 is 0 Å². The van der Waals surface area contributed by atoms with E-state index in [9.17, 15) is 9.59 Å². The number of rotatable bonds is 2. The van der Waals surface area contributed by atoms with Gasteiger partial charge in [-0.25, -0.2) is 0 Å². The van der Waals surface area contributed by atoms with Crippen molar-refractivity contribution in [2.24, 2.45) is 0 Å². The molecule has 2 heterocycles. The van der Waals surface area contributed by atoms with Crippen LogP contribution in [-0.2, 0) is 24.6 Å². The molecule has 17 heavy (non-hydrogen) atoms. The fourth-order valence-corrected chi connectivity index (χ4v) is 7.84. The van der Waals surface area contributed by atoms with Crippen molar-refractivity contribution in [3.63, 3.8) is 0 Å². The summed E-state index contributed by atoms with van der Waals surface area (Å²) in [5, 5.41) is 0. The normalized spacial score (nSPS) is 20.9. The van der Waals surface area contributed by atoms with Crippen LogP contribution in [0.2, 0.25) is 0 Å². The van der Waals surface area contributed by atoms with Crippen molar-refractivity contribution in [2.45, 2.75) is 38.5 Å². The molecule has 2 aliphatic rings. The summed E-state index contributed by atoms with van der Waals surface area (Å²) < 4.78 is 0.501. The summed E-state index contributed by atoms with van der Waals surface area (Å²) in [7, 11) is 0. The van der Waals surface area contributed by atoms with Gasteiger partial charge in [-0.2, -0.15) is 0 Å². The van der Waals surface area contributed by atoms with E-state index < -0.39 is 24.6 Å². The Balaban J connectivity index is 1.78. The van der Waals surface area contributed by atoms with E-state index in [0.717, 1.165) is 51.9 Å². The molecule has 0 aromatic heterocycles. The molecule has 2 saturated heterocycles. The fourth-order valence-electron chi connectivity index (χ4n) is 2.64. The van der Waals surface area contributed by atoms with Gasteiger partial charge in [0.25, 0.3) is 0 Å². The van der Waals surface area contributed by atoms with Gasteiger partial charge in [-0.15, -0.1) is 0 Å². The molecule has 0 saturated carbocycles. The molecular weight excluding hydrogens is 405 g/mol. The van der Waals surface area contributed by atoms with Crippen molar-refractivity contribution in [3.05, 3.63) is 0 Å². The summed E-state index contributed by atoms with van der Waals surface area (Å²) in [4.78, 5) is 28.0. The monoisotopic (exact) mass is 426 g/mol. The Hall–Kier alpha value is -0.125. The molecule has 92 valence electrons. The van der Waals surface area contributed by atoms with Crippen LogP contribution in [0.3, 0.4) is 0 Å². The molecule has 2 rings (SSSR count). The predicted molar refractivity (Wildman–Crippen MR) is 61.6 cm³/mol. The van der Waals surface area contributed by atoms with Crippen LogP contribution < -0.4 is 0 Å². The standard InChI is InChI=1S/2C6H10NO.Hg/c2*8-6-7-4-2-1-3-5-7;/h2*1-5H2;. The molecule has 2 aliphatic heterocycles. The van der Waals surface area contributed by atoms with Crippen molar-refractivity contribution in [3.8, 4) is 0 Å². The molecule has 0 spiro atoms. The number of nitrogens with zero attached hydrogens (tertiary/aromatic N) is 2. The molecule has 2 fully saturated rings. The van der Waals surface area contributed by atoms with Crippen LogP contribution in [0.5, 0.6) is 0 Å². The van der Waals surface area contributed by atoms with E-state index in [1.54, 1.807) is 0 Å². The fraction of sp³-hybridized carbons (Fsp3) is 0.833. The zero-order chi connectivity index (χ0) is 12.1. The Bertz CT molecular complexity index is 256. The van der Waals surface area contributed by atoms with Crippen molar-refractivity contribution in [1.82, 2.24) is 9.80 Å². The molecule has 0 aromatic rings. The molecule has 0 N–H and O–H groups in total. The van der Waals surface area contributed by atoms with Crippen LogP contribution in [0.4, 0.5) is 9.59 Å². The number of carbonyl (C=O) groups is 2. The molecule has 0 radical (unpaired) electrons. The topological polar surface area (TPSA) is 40.6 Å². The van der Waals surface area contributed by atoms with Gasteiger partial charge in [0.1, 0.15) is 0 Å². The molecule has 5 heteroatoms. The Kier molecular flexibility index (Phi) is 5.26. The van der Waals surface area contributed by atoms with Gasteiger partial charge in [0.05, 0.1) is 0 Å². The first kappa shape index (κ1) is 13.3. The summed E-state index contributed by atoms with van der Waals surface area (Å²) in [6, 6.07) is 0. The summed E-state index contributed by atoms with van der Waals surface area (Å²) in [6.07, 6.45) is 6.96. The van der Waals surface area contributed by atoms with Gasteiger partial charge in [0.15, 0.2) is 0 Å². The minimum absolute atomic E-state index is 0.250. The summed E-state index contributed by atoms with van der Waals surface area (Å²) in [5.74, 6) is 0. The Morgan fingerprint density at radius 3 is 1.35 bits per heavy atom. The van der Waals surface area contributed by atoms with E-state index in [-0.39, 0.29) is 6.83 Å². The van der Waals surface area contributed by atoms with Crippen LogP contribution in [0.25, 0.3) is 0 Å². The van der Waals surface area contributed by atoms with Crippen LogP contribution in [-0.4, -0.2) is 42.8 Å². The molecule has 0 aromatic carbocycles. The zero-order valence-electron chi connectivity index (χ0n) is 10.5. The first-order valence-corrected chi connectivity index (χ1v) is 12.3. The number of piperidine rings is 2. The number of likely N-dealkylation sites (tertiary alicyclic amines) is 2. The zero-order valence-corrected chi connectivity index (χ0v) is 16.0. The van der Waals surface area contributed by atoms with Gasteiger partial charge in [-0.05, 0) is 0 Å². The summed E-state index contributed by atoms with van der Waals surface area (Å²) in [5.41, 5.74) is 0. The second-order valence-corrected chi connectivity index (χ2v) is 11.1. The summed E-state index contributed by atoms with van der Waals surface area (Å²) >= 11 is -2.06. The molecule has 0 atom stereocenters. The van der Waals surface area contributed by atoms with Crippen LogP contribution >= 0.6 is 0 Å². The average molecular weight is 425 g/mol. The maximum atomic E-state index is 12.0. The molecular formula is C12H20HgN2O2. The third-order valence-electron chi connectivity index (χ3n) is 3.72. The van der Waals surface area contributed by atoms with E-state index in [1.807, 2.05) is 9.80 Å². The maximum absolute atomic E-state index is 12.0. The van der Waals surface area contributed by atoms with Gasteiger partial charge >= 0.3 is 115 Å². The van der Waals surface area contributed by atoms with Crippen LogP contribution in [0.1, 0.15) is 38.5 Å². The van der Waals surface area contributed by atoms with Crippen LogP contribution in [0, 0.1) is 0 Å².